The van der Waals surface area contributed by atoms with Crippen LogP contribution in [0.1, 0.15) is 6.92 Å². The summed E-state index contributed by atoms with van der Waals surface area (Å²) in [6, 6.07) is 0. The SMILES string of the molecule is CC(N(C)C)N1C=CN(C)C1C(=O)O. The van der Waals surface area contributed by atoms with Crippen LogP contribution >= 0.6 is 0 Å². The molecule has 0 aromatic heterocycles. The molecule has 0 aromatic carbocycles. The first-order valence-corrected chi connectivity index (χ1v) is 4.52. The average Bonchev–Trinajstić information content (AvgIpc) is 2.45. The lowest BCUT2D eigenvalue weighted by molar-refractivity contribution is -0.148. The predicted molar refractivity (Wildman–Crippen MR) is 53.3 cm³/mol. The molecule has 0 aliphatic carbocycles. The second kappa shape index (κ2) is 3.88. The molecule has 1 N–H and O–H groups in total. The lowest BCUT2D eigenvalue weighted by Crippen LogP contribution is -2.51. The van der Waals surface area contributed by atoms with Crippen molar-refractivity contribution in [3.05, 3.63) is 12.4 Å². The number of aliphatic carboxylic acids is 1. The van der Waals surface area contributed by atoms with E-state index in [9.17, 15) is 4.79 Å². The number of carboxylic acid groups (broad SMARTS) is 1. The van der Waals surface area contributed by atoms with Gasteiger partial charge >= 0.3 is 5.97 Å². The van der Waals surface area contributed by atoms with Crippen molar-refractivity contribution in [2.45, 2.75) is 19.3 Å². The molecule has 1 heterocycles. The zero-order valence-electron chi connectivity index (χ0n) is 9.01. The monoisotopic (exact) mass is 199 g/mol. The van der Waals surface area contributed by atoms with Crippen molar-refractivity contribution in [1.82, 2.24) is 14.7 Å². The summed E-state index contributed by atoms with van der Waals surface area (Å²) < 4.78 is 0. The molecule has 1 aliphatic heterocycles. The molecule has 2 atom stereocenters. The van der Waals surface area contributed by atoms with Crippen LogP contribution in [0.3, 0.4) is 0 Å². The number of rotatable bonds is 3. The van der Waals surface area contributed by atoms with E-state index in [0.717, 1.165) is 0 Å². The second-order valence-electron chi connectivity index (χ2n) is 3.72. The van der Waals surface area contributed by atoms with Crippen LogP contribution in [0.15, 0.2) is 12.4 Å². The number of hydrogen-bond acceptors (Lipinski definition) is 4. The van der Waals surface area contributed by atoms with E-state index < -0.39 is 12.1 Å². The third-order valence-corrected chi connectivity index (χ3v) is 2.54. The van der Waals surface area contributed by atoms with Crippen molar-refractivity contribution < 1.29 is 9.90 Å². The third-order valence-electron chi connectivity index (χ3n) is 2.54. The normalized spacial score (nSPS) is 23.4. The number of carbonyl (C=O) groups is 1. The lowest BCUT2D eigenvalue weighted by Gasteiger charge is -2.35. The van der Waals surface area contributed by atoms with Crippen LogP contribution in [0, 0.1) is 0 Å². The van der Waals surface area contributed by atoms with Crippen LogP contribution in [0.5, 0.6) is 0 Å². The van der Waals surface area contributed by atoms with Gasteiger partial charge in [-0.2, -0.15) is 0 Å². The fourth-order valence-corrected chi connectivity index (χ4v) is 1.45. The summed E-state index contributed by atoms with van der Waals surface area (Å²) in [5, 5.41) is 9.04. The van der Waals surface area contributed by atoms with Crippen molar-refractivity contribution in [3.8, 4) is 0 Å². The molecule has 0 saturated carbocycles. The Bertz CT molecular complexity index is 252. The van der Waals surface area contributed by atoms with E-state index in [2.05, 4.69) is 0 Å². The molecule has 14 heavy (non-hydrogen) atoms. The quantitative estimate of drug-likeness (QED) is 0.694. The first-order valence-electron chi connectivity index (χ1n) is 4.52. The molecule has 0 bridgehead atoms. The Morgan fingerprint density at radius 3 is 2.50 bits per heavy atom. The molecule has 0 amide bonds. The Labute approximate surface area is 84.2 Å². The summed E-state index contributed by atoms with van der Waals surface area (Å²) in [6.45, 7) is 1.97. The van der Waals surface area contributed by atoms with Crippen molar-refractivity contribution >= 4 is 5.97 Å². The van der Waals surface area contributed by atoms with Crippen LogP contribution in [0.4, 0.5) is 0 Å². The Hall–Kier alpha value is -1.23. The fourth-order valence-electron chi connectivity index (χ4n) is 1.45. The number of nitrogens with zero attached hydrogens (tertiary/aromatic N) is 3. The molecule has 0 radical (unpaired) electrons. The molecule has 2 unspecified atom stereocenters. The highest BCUT2D eigenvalue weighted by Crippen LogP contribution is 2.18. The number of hydrogen-bond donors (Lipinski definition) is 1. The minimum Gasteiger partial charge on any atom is -0.478 e. The van der Waals surface area contributed by atoms with Gasteiger partial charge in [-0.25, -0.2) is 4.79 Å². The molecule has 0 fully saturated rings. The van der Waals surface area contributed by atoms with E-state index in [0.29, 0.717) is 0 Å². The Balaban J connectivity index is 2.78. The van der Waals surface area contributed by atoms with E-state index >= 15 is 0 Å². The summed E-state index contributed by atoms with van der Waals surface area (Å²) in [4.78, 5) is 16.5. The highest BCUT2D eigenvalue weighted by Gasteiger charge is 2.33. The Morgan fingerprint density at radius 1 is 1.50 bits per heavy atom. The van der Waals surface area contributed by atoms with Crippen molar-refractivity contribution in [3.63, 3.8) is 0 Å². The van der Waals surface area contributed by atoms with Crippen molar-refractivity contribution in [2.24, 2.45) is 0 Å². The van der Waals surface area contributed by atoms with Gasteiger partial charge in [0.15, 0.2) is 0 Å². The van der Waals surface area contributed by atoms with Crippen LogP contribution < -0.4 is 0 Å². The largest absolute Gasteiger partial charge is 0.478 e. The minimum absolute atomic E-state index is 0.0669. The molecular weight excluding hydrogens is 182 g/mol. The van der Waals surface area contributed by atoms with E-state index in [-0.39, 0.29) is 6.17 Å². The van der Waals surface area contributed by atoms with Gasteiger partial charge in [0.25, 0.3) is 0 Å². The molecule has 1 aliphatic rings. The Kier molecular flexibility index (Phi) is 3.00. The zero-order valence-corrected chi connectivity index (χ0v) is 9.01. The summed E-state index contributed by atoms with van der Waals surface area (Å²) in [6.07, 6.45) is 3.06. The number of carboxylic acids is 1. The van der Waals surface area contributed by atoms with Crippen molar-refractivity contribution in [2.75, 3.05) is 21.1 Å². The third kappa shape index (κ3) is 1.82. The highest BCUT2D eigenvalue weighted by molar-refractivity contribution is 5.73. The van der Waals surface area contributed by atoms with Crippen LogP contribution in [-0.4, -0.2) is 59.3 Å². The van der Waals surface area contributed by atoms with Gasteiger partial charge in [-0.3, -0.25) is 4.90 Å². The van der Waals surface area contributed by atoms with E-state index in [4.69, 9.17) is 5.11 Å². The van der Waals surface area contributed by atoms with E-state index in [1.165, 1.54) is 0 Å². The van der Waals surface area contributed by atoms with E-state index in [1.54, 1.807) is 18.1 Å². The fraction of sp³-hybridized carbons (Fsp3) is 0.667. The Morgan fingerprint density at radius 2 is 2.07 bits per heavy atom. The zero-order chi connectivity index (χ0) is 10.9. The maximum Gasteiger partial charge on any atom is 0.347 e. The topological polar surface area (TPSA) is 47.0 Å². The van der Waals surface area contributed by atoms with Gasteiger partial charge in [-0.1, -0.05) is 0 Å². The molecule has 0 aromatic rings. The van der Waals surface area contributed by atoms with Gasteiger partial charge in [0.1, 0.15) is 0 Å². The van der Waals surface area contributed by atoms with E-state index in [1.807, 2.05) is 37.0 Å². The van der Waals surface area contributed by atoms with Gasteiger partial charge < -0.3 is 14.9 Å². The standard InChI is InChI=1S/C9H17N3O2/c1-7(10(2)3)12-6-5-11(4)8(12)9(13)14/h5-8H,1-4H3,(H,13,14). The molecule has 0 saturated heterocycles. The number of likely N-dealkylation sites (N-methyl/N-ethyl adjacent to an activating group) is 1. The minimum atomic E-state index is -0.828. The first kappa shape index (κ1) is 10.8. The second-order valence-corrected chi connectivity index (χ2v) is 3.72. The van der Waals surface area contributed by atoms with Crippen LogP contribution in [-0.2, 0) is 4.79 Å². The first-order chi connectivity index (χ1) is 6.45. The summed E-state index contributed by atoms with van der Waals surface area (Å²) in [5.41, 5.74) is 0. The molecule has 80 valence electrons. The maximum absolute atomic E-state index is 11.0. The van der Waals surface area contributed by atoms with Crippen molar-refractivity contribution in [1.29, 1.82) is 0 Å². The van der Waals surface area contributed by atoms with Gasteiger partial charge in [0.2, 0.25) is 6.17 Å². The smallest absolute Gasteiger partial charge is 0.347 e. The van der Waals surface area contributed by atoms with Gasteiger partial charge in [-0.05, 0) is 21.0 Å². The molecule has 5 heteroatoms. The van der Waals surface area contributed by atoms with Gasteiger partial charge in [0, 0.05) is 19.4 Å². The van der Waals surface area contributed by atoms with Gasteiger partial charge in [0.05, 0.1) is 6.17 Å². The molecular formula is C9H17N3O2. The predicted octanol–water partition coefficient (Wildman–Crippen LogP) is 0.0233. The van der Waals surface area contributed by atoms with Gasteiger partial charge in [-0.15, -0.1) is 0 Å². The molecule has 5 nitrogen and oxygen atoms in total. The highest BCUT2D eigenvalue weighted by atomic mass is 16.4. The molecule has 0 spiro atoms. The maximum atomic E-state index is 11.0. The summed E-state index contributed by atoms with van der Waals surface area (Å²) >= 11 is 0. The van der Waals surface area contributed by atoms with Crippen LogP contribution in [0.25, 0.3) is 0 Å². The lowest BCUT2D eigenvalue weighted by atomic mass is 10.3. The van der Waals surface area contributed by atoms with Crippen LogP contribution in [0.2, 0.25) is 0 Å². The average molecular weight is 199 g/mol. The summed E-state index contributed by atoms with van der Waals surface area (Å²) in [7, 11) is 5.61. The molecule has 1 rings (SSSR count). The summed E-state index contributed by atoms with van der Waals surface area (Å²) in [5.74, 6) is -0.828.